The van der Waals surface area contributed by atoms with E-state index in [1.807, 2.05) is 0 Å². The van der Waals surface area contributed by atoms with E-state index in [0.717, 1.165) is 11.2 Å². The lowest BCUT2D eigenvalue weighted by Gasteiger charge is -2.40. The van der Waals surface area contributed by atoms with Crippen molar-refractivity contribution in [3.05, 3.63) is 0 Å². The Bertz CT molecular complexity index is 201. The minimum absolute atomic E-state index is 0.470. The zero-order valence-electron chi connectivity index (χ0n) is 11.1. The second-order valence-corrected chi connectivity index (χ2v) is 9.19. The summed E-state index contributed by atoms with van der Waals surface area (Å²) >= 11 is 0. The van der Waals surface area contributed by atoms with Crippen molar-refractivity contribution in [2.24, 2.45) is 16.7 Å². The van der Waals surface area contributed by atoms with Crippen LogP contribution in [0.1, 0.15) is 54.4 Å². The predicted octanol–water partition coefficient (Wildman–Crippen LogP) is 5.24. The van der Waals surface area contributed by atoms with Gasteiger partial charge < -0.3 is 0 Å². The molecule has 90 valence electrons. The minimum Gasteiger partial charge on any atom is -0.0938 e. The third-order valence-corrected chi connectivity index (χ3v) is 7.24. The van der Waals surface area contributed by atoms with Crippen molar-refractivity contribution < 1.29 is 0 Å². The van der Waals surface area contributed by atoms with E-state index in [9.17, 15) is 0 Å². The molecule has 0 nitrogen and oxygen atoms in total. The van der Waals surface area contributed by atoms with Crippen LogP contribution in [0.15, 0.2) is 0 Å². The Hall–Kier alpha value is 0.700. The molecule has 0 saturated carbocycles. The highest BCUT2D eigenvalue weighted by Crippen LogP contribution is 2.51. The molecule has 0 aromatic rings. The summed E-state index contributed by atoms with van der Waals surface area (Å²) in [6.07, 6.45) is 2.74. The Morgan fingerprint density at radius 2 is 1.80 bits per heavy atom. The fourth-order valence-electron chi connectivity index (χ4n) is 2.35. The normalized spacial score (nSPS) is 23.8. The largest absolute Gasteiger partial charge is 0.0938 e. The topological polar surface area (TPSA) is 0 Å². The smallest absolute Gasteiger partial charge is 0.0210 e. The van der Waals surface area contributed by atoms with E-state index in [1.165, 1.54) is 18.6 Å². The molecule has 1 atom stereocenters. The van der Waals surface area contributed by atoms with E-state index in [1.54, 1.807) is 0 Å². The predicted molar refractivity (Wildman–Crippen MR) is 75.5 cm³/mol. The molecule has 1 aliphatic heterocycles. The van der Waals surface area contributed by atoms with Crippen LogP contribution in [0.3, 0.4) is 0 Å². The van der Waals surface area contributed by atoms with Crippen LogP contribution >= 0.6 is 21.6 Å². The molecule has 0 aromatic heterocycles. The van der Waals surface area contributed by atoms with E-state index in [2.05, 4.69) is 63.1 Å². The fourth-order valence-corrected chi connectivity index (χ4v) is 5.79. The molecular weight excluding hydrogens is 220 g/mol. The standard InChI is InChI=1S/C13H26S2/c1-10(2)12(3,4)9-13(5,6)11-7-8-14-15-11/h10-11H,7-9H2,1-6H3. The Balaban J connectivity index is 2.62. The van der Waals surface area contributed by atoms with E-state index in [4.69, 9.17) is 0 Å². The first kappa shape index (κ1) is 13.8. The van der Waals surface area contributed by atoms with Gasteiger partial charge in [-0.15, -0.1) is 0 Å². The summed E-state index contributed by atoms with van der Waals surface area (Å²) in [5, 5.41) is 0.862. The molecule has 2 heteroatoms. The van der Waals surface area contributed by atoms with Crippen molar-refractivity contribution in [3.63, 3.8) is 0 Å². The Morgan fingerprint density at radius 1 is 1.20 bits per heavy atom. The summed E-state index contributed by atoms with van der Waals surface area (Å²) in [7, 11) is 4.18. The van der Waals surface area contributed by atoms with Crippen LogP contribution in [-0.2, 0) is 0 Å². The molecule has 1 saturated heterocycles. The molecule has 15 heavy (non-hydrogen) atoms. The summed E-state index contributed by atoms with van der Waals surface area (Å²) in [6.45, 7) is 14.5. The van der Waals surface area contributed by atoms with Crippen LogP contribution in [0.5, 0.6) is 0 Å². The van der Waals surface area contributed by atoms with Gasteiger partial charge in [0.05, 0.1) is 0 Å². The molecule has 1 rings (SSSR count). The third-order valence-electron chi connectivity index (χ3n) is 3.99. The van der Waals surface area contributed by atoms with Gasteiger partial charge in [-0.1, -0.05) is 63.1 Å². The third kappa shape index (κ3) is 3.59. The highest BCUT2D eigenvalue weighted by atomic mass is 33.1. The van der Waals surface area contributed by atoms with Gasteiger partial charge in [-0.3, -0.25) is 0 Å². The van der Waals surface area contributed by atoms with Crippen LogP contribution in [0, 0.1) is 16.7 Å². The van der Waals surface area contributed by atoms with Crippen LogP contribution in [0.25, 0.3) is 0 Å². The van der Waals surface area contributed by atoms with Gasteiger partial charge in [0, 0.05) is 11.0 Å². The van der Waals surface area contributed by atoms with Crippen LogP contribution in [0.2, 0.25) is 0 Å². The van der Waals surface area contributed by atoms with Crippen molar-refractivity contribution in [2.75, 3.05) is 5.75 Å². The van der Waals surface area contributed by atoms with Crippen molar-refractivity contribution in [1.82, 2.24) is 0 Å². The van der Waals surface area contributed by atoms with Crippen molar-refractivity contribution >= 4 is 21.6 Å². The average Bonchev–Trinajstić information content (AvgIpc) is 2.53. The molecule has 0 aromatic carbocycles. The van der Waals surface area contributed by atoms with Crippen LogP contribution in [0.4, 0.5) is 0 Å². The summed E-state index contributed by atoms with van der Waals surface area (Å²) in [6, 6.07) is 0. The van der Waals surface area contributed by atoms with E-state index in [0.29, 0.717) is 10.8 Å². The van der Waals surface area contributed by atoms with Gasteiger partial charge in [-0.05, 0) is 29.6 Å². The molecule has 0 N–H and O–H groups in total. The summed E-state index contributed by atoms with van der Waals surface area (Å²) in [5.41, 5.74) is 0.958. The van der Waals surface area contributed by atoms with E-state index >= 15 is 0 Å². The van der Waals surface area contributed by atoms with Gasteiger partial charge >= 0.3 is 0 Å². The maximum atomic E-state index is 2.46. The minimum atomic E-state index is 0.470. The van der Waals surface area contributed by atoms with Gasteiger partial charge in [0.1, 0.15) is 0 Å². The zero-order valence-corrected chi connectivity index (χ0v) is 12.7. The first-order valence-electron chi connectivity index (χ1n) is 6.04. The molecule has 0 amide bonds. The Morgan fingerprint density at radius 3 is 2.20 bits per heavy atom. The maximum Gasteiger partial charge on any atom is 0.0210 e. The molecular formula is C13H26S2. The highest BCUT2D eigenvalue weighted by molar-refractivity contribution is 8.77. The first-order valence-corrected chi connectivity index (χ1v) is 8.42. The molecule has 0 bridgehead atoms. The molecule has 0 radical (unpaired) electrons. The molecule has 1 heterocycles. The van der Waals surface area contributed by atoms with Gasteiger partial charge in [0.2, 0.25) is 0 Å². The molecule has 1 fully saturated rings. The lowest BCUT2D eigenvalue weighted by molar-refractivity contribution is 0.137. The van der Waals surface area contributed by atoms with E-state index in [-0.39, 0.29) is 0 Å². The Labute approximate surface area is 104 Å². The van der Waals surface area contributed by atoms with Crippen molar-refractivity contribution in [3.8, 4) is 0 Å². The monoisotopic (exact) mass is 246 g/mol. The Kier molecular flexibility index (Phi) is 4.51. The SMILES string of the molecule is CC(C)C(C)(C)CC(C)(C)C1CCSS1. The van der Waals surface area contributed by atoms with Crippen molar-refractivity contribution in [1.29, 1.82) is 0 Å². The lowest BCUT2D eigenvalue weighted by atomic mass is 9.68. The quantitative estimate of drug-likeness (QED) is 0.622. The van der Waals surface area contributed by atoms with Gasteiger partial charge in [-0.2, -0.15) is 0 Å². The van der Waals surface area contributed by atoms with Crippen LogP contribution in [-0.4, -0.2) is 11.0 Å². The van der Waals surface area contributed by atoms with Crippen LogP contribution < -0.4 is 0 Å². The van der Waals surface area contributed by atoms with Gasteiger partial charge in [0.15, 0.2) is 0 Å². The molecule has 1 aliphatic rings. The fraction of sp³-hybridized carbons (Fsp3) is 1.00. The average molecular weight is 246 g/mol. The number of hydrogen-bond donors (Lipinski definition) is 0. The van der Waals surface area contributed by atoms with E-state index < -0.39 is 0 Å². The van der Waals surface area contributed by atoms with Gasteiger partial charge in [-0.25, -0.2) is 0 Å². The molecule has 0 aliphatic carbocycles. The highest BCUT2D eigenvalue weighted by Gasteiger charge is 2.38. The lowest BCUT2D eigenvalue weighted by Crippen LogP contribution is -2.33. The summed E-state index contributed by atoms with van der Waals surface area (Å²) in [4.78, 5) is 0. The summed E-state index contributed by atoms with van der Waals surface area (Å²) < 4.78 is 0. The molecule has 1 unspecified atom stereocenters. The second-order valence-electron chi connectivity index (χ2n) is 6.50. The van der Waals surface area contributed by atoms with Crippen molar-refractivity contribution in [2.45, 2.75) is 59.6 Å². The zero-order chi connectivity index (χ0) is 11.7. The first-order chi connectivity index (χ1) is 6.76. The number of hydrogen-bond acceptors (Lipinski definition) is 2. The number of rotatable bonds is 4. The maximum absolute atomic E-state index is 2.46. The summed E-state index contributed by atoms with van der Waals surface area (Å²) in [5.74, 6) is 2.12. The second kappa shape index (κ2) is 4.91. The molecule has 0 spiro atoms. The van der Waals surface area contributed by atoms with Gasteiger partial charge in [0.25, 0.3) is 0 Å².